The molecule has 0 bridgehead atoms. The van der Waals surface area contributed by atoms with Crippen molar-refractivity contribution in [1.29, 1.82) is 0 Å². The van der Waals surface area contributed by atoms with E-state index in [9.17, 15) is 19.2 Å². The monoisotopic (exact) mass is 478 g/mol. The van der Waals surface area contributed by atoms with Crippen molar-refractivity contribution in [3.8, 4) is 5.75 Å². The molecule has 0 unspecified atom stereocenters. The fourth-order valence-electron chi connectivity index (χ4n) is 4.29. The first kappa shape index (κ1) is 24.7. The molecule has 10 nitrogen and oxygen atoms in total. The standard InChI is InChI=1S/C22H30N4O6S/c1-31-16-8-6-14(7-9-16)23-22(30)24-15-11-18(26(12-15)19(27)13-33-3)20(28)25-10-4-5-17(25)21(29)32-2/h6-9,15,17-18H,4-5,10-13H2,1-3H3,(H2,23,24,30)/t15-,17+,18-/m0/s1. The number of benzene rings is 1. The third-order valence-corrected chi connectivity index (χ3v) is 6.40. The Hall–Kier alpha value is -2.95. The number of thioether (sulfide) groups is 1. The molecule has 2 fully saturated rings. The Morgan fingerprint density at radius 3 is 2.45 bits per heavy atom. The number of hydrogen-bond acceptors (Lipinski definition) is 7. The second-order valence-corrected chi connectivity index (χ2v) is 8.83. The second kappa shape index (κ2) is 11.3. The minimum absolute atomic E-state index is 0.172. The van der Waals surface area contributed by atoms with Crippen molar-refractivity contribution in [2.24, 2.45) is 0 Å². The zero-order valence-corrected chi connectivity index (χ0v) is 19.9. The number of likely N-dealkylation sites (tertiary alicyclic amines) is 2. The van der Waals surface area contributed by atoms with E-state index in [4.69, 9.17) is 9.47 Å². The minimum Gasteiger partial charge on any atom is -0.497 e. The van der Waals surface area contributed by atoms with Crippen LogP contribution in [-0.2, 0) is 19.1 Å². The predicted octanol–water partition coefficient (Wildman–Crippen LogP) is 1.31. The average Bonchev–Trinajstić information content (AvgIpc) is 3.46. The van der Waals surface area contributed by atoms with Crippen LogP contribution >= 0.6 is 11.8 Å². The zero-order chi connectivity index (χ0) is 24.0. The van der Waals surface area contributed by atoms with Gasteiger partial charge in [-0.25, -0.2) is 9.59 Å². The Balaban J connectivity index is 1.68. The molecule has 2 N–H and O–H groups in total. The normalized spacial score (nSPS) is 22.1. The van der Waals surface area contributed by atoms with Crippen LogP contribution in [0.15, 0.2) is 24.3 Å². The van der Waals surface area contributed by atoms with Crippen molar-refractivity contribution in [3.05, 3.63) is 24.3 Å². The summed E-state index contributed by atoms with van der Waals surface area (Å²) in [5.41, 5.74) is 0.590. The van der Waals surface area contributed by atoms with Crippen molar-refractivity contribution >= 4 is 41.3 Å². The number of rotatable bonds is 7. The molecule has 0 aliphatic carbocycles. The molecule has 3 rings (SSSR count). The first-order valence-corrected chi connectivity index (χ1v) is 12.2. The minimum atomic E-state index is -0.735. The van der Waals surface area contributed by atoms with E-state index in [1.165, 1.54) is 28.7 Å². The van der Waals surface area contributed by atoms with E-state index in [0.29, 0.717) is 30.8 Å². The Morgan fingerprint density at radius 2 is 1.82 bits per heavy atom. The molecule has 1 aromatic carbocycles. The number of hydrogen-bond donors (Lipinski definition) is 2. The van der Waals surface area contributed by atoms with Gasteiger partial charge in [0, 0.05) is 18.8 Å². The Kier molecular flexibility index (Phi) is 8.43. The summed E-state index contributed by atoms with van der Waals surface area (Å²) in [5, 5.41) is 5.61. The number of amides is 4. The molecular weight excluding hydrogens is 448 g/mol. The SMILES string of the molecule is COC(=O)[C@H]1CCCN1C(=O)[C@@H]1C[C@H](NC(=O)Nc2ccc(OC)cc2)CN1C(=O)CSC. The van der Waals surface area contributed by atoms with Gasteiger partial charge in [-0.3, -0.25) is 9.59 Å². The summed E-state index contributed by atoms with van der Waals surface area (Å²) >= 11 is 1.37. The molecule has 2 heterocycles. The summed E-state index contributed by atoms with van der Waals surface area (Å²) in [7, 11) is 2.86. The molecule has 3 atom stereocenters. The van der Waals surface area contributed by atoms with Gasteiger partial charge in [-0.05, 0) is 49.8 Å². The molecule has 2 saturated heterocycles. The smallest absolute Gasteiger partial charge is 0.328 e. The predicted molar refractivity (Wildman–Crippen MR) is 124 cm³/mol. The lowest BCUT2D eigenvalue weighted by Crippen LogP contribution is -2.51. The lowest BCUT2D eigenvalue weighted by molar-refractivity contribution is -0.153. The number of carbonyl (C=O) groups excluding carboxylic acids is 4. The van der Waals surface area contributed by atoms with Crippen LogP contribution in [0.3, 0.4) is 0 Å². The van der Waals surface area contributed by atoms with E-state index < -0.39 is 30.1 Å². The fraction of sp³-hybridized carbons (Fsp3) is 0.545. The first-order valence-electron chi connectivity index (χ1n) is 10.8. The van der Waals surface area contributed by atoms with E-state index >= 15 is 0 Å². The summed E-state index contributed by atoms with van der Waals surface area (Å²) in [6, 6.07) is 4.70. The van der Waals surface area contributed by atoms with Crippen LogP contribution in [0.1, 0.15) is 19.3 Å². The largest absolute Gasteiger partial charge is 0.497 e. The highest BCUT2D eigenvalue weighted by atomic mass is 32.2. The maximum absolute atomic E-state index is 13.4. The Morgan fingerprint density at radius 1 is 1.09 bits per heavy atom. The van der Waals surface area contributed by atoms with Gasteiger partial charge in [-0.15, -0.1) is 0 Å². The van der Waals surface area contributed by atoms with Crippen molar-refractivity contribution in [2.75, 3.05) is 44.6 Å². The molecule has 33 heavy (non-hydrogen) atoms. The highest BCUT2D eigenvalue weighted by Crippen LogP contribution is 2.26. The molecule has 180 valence electrons. The van der Waals surface area contributed by atoms with Gasteiger partial charge in [-0.2, -0.15) is 11.8 Å². The second-order valence-electron chi connectivity index (χ2n) is 7.97. The van der Waals surface area contributed by atoms with Gasteiger partial charge in [-0.1, -0.05) is 0 Å². The van der Waals surface area contributed by atoms with Gasteiger partial charge in [0.2, 0.25) is 11.8 Å². The molecule has 1 aromatic rings. The van der Waals surface area contributed by atoms with E-state index in [-0.39, 0.29) is 30.5 Å². The van der Waals surface area contributed by atoms with Crippen LogP contribution in [0.25, 0.3) is 0 Å². The van der Waals surface area contributed by atoms with Crippen LogP contribution in [0.5, 0.6) is 5.75 Å². The maximum Gasteiger partial charge on any atom is 0.328 e. The number of esters is 1. The zero-order valence-electron chi connectivity index (χ0n) is 19.0. The fourth-order valence-corrected chi connectivity index (χ4v) is 4.70. The molecule has 0 spiro atoms. The lowest BCUT2D eigenvalue weighted by atomic mass is 10.1. The highest BCUT2D eigenvalue weighted by Gasteiger charge is 2.45. The van der Waals surface area contributed by atoms with Crippen molar-refractivity contribution < 1.29 is 28.7 Å². The molecular formula is C22H30N4O6S. The van der Waals surface area contributed by atoms with Gasteiger partial charge < -0.3 is 29.9 Å². The third kappa shape index (κ3) is 5.89. The van der Waals surface area contributed by atoms with Gasteiger partial charge in [0.1, 0.15) is 17.8 Å². The summed E-state index contributed by atoms with van der Waals surface area (Å²) in [4.78, 5) is 53.7. The van der Waals surface area contributed by atoms with Crippen molar-refractivity contribution in [2.45, 2.75) is 37.4 Å². The number of nitrogens with one attached hydrogen (secondary N) is 2. The van der Waals surface area contributed by atoms with E-state index in [1.807, 2.05) is 6.26 Å². The molecule has 4 amide bonds. The number of ether oxygens (including phenoxy) is 2. The van der Waals surface area contributed by atoms with Crippen molar-refractivity contribution in [1.82, 2.24) is 15.1 Å². The van der Waals surface area contributed by atoms with Crippen molar-refractivity contribution in [3.63, 3.8) is 0 Å². The average molecular weight is 479 g/mol. The molecule has 0 radical (unpaired) electrons. The molecule has 2 aliphatic heterocycles. The van der Waals surface area contributed by atoms with Gasteiger partial charge >= 0.3 is 12.0 Å². The topological polar surface area (TPSA) is 117 Å². The summed E-state index contributed by atoms with van der Waals surface area (Å²) in [6.07, 6.45) is 3.33. The van der Waals surface area contributed by atoms with Crippen LogP contribution < -0.4 is 15.4 Å². The molecule has 2 aliphatic rings. The van der Waals surface area contributed by atoms with Crippen LogP contribution in [0.2, 0.25) is 0 Å². The molecule has 11 heteroatoms. The Bertz CT molecular complexity index is 880. The molecule has 0 saturated carbocycles. The van der Waals surface area contributed by atoms with Crippen LogP contribution in [-0.4, -0.2) is 91.1 Å². The number of urea groups is 1. The third-order valence-electron chi connectivity index (χ3n) is 5.87. The van der Waals surface area contributed by atoms with Crippen LogP contribution in [0, 0.1) is 0 Å². The van der Waals surface area contributed by atoms with Crippen LogP contribution in [0.4, 0.5) is 10.5 Å². The van der Waals surface area contributed by atoms with Gasteiger partial charge in [0.15, 0.2) is 0 Å². The van der Waals surface area contributed by atoms with E-state index in [1.54, 1.807) is 31.4 Å². The number of carbonyl (C=O) groups is 4. The van der Waals surface area contributed by atoms with Gasteiger partial charge in [0.05, 0.1) is 26.0 Å². The quantitative estimate of drug-likeness (QED) is 0.568. The summed E-state index contributed by atoms with van der Waals surface area (Å²) < 4.78 is 9.95. The molecule has 0 aromatic heterocycles. The highest BCUT2D eigenvalue weighted by molar-refractivity contribution is 7.99. The van der Waals surface area contributed by atoms with E-state index in [2.05, 4.69) is 10.6 Å². The van der Waals surface area contributed by atoms with Gasteiger partial charge in [0.25, 0.3) is 0 Å². The lowest BCUT2D eigenvalue weighted by Gasteiger charge is -2.30. The number of nitrogens with zero attached hydrogens (tertiary/aromatic N) is 2. The summed E-state index contributed by atoms with van der Waals surface area (Å²) in [5.74, 6) is 0.00367. The number of anilines is 1. The van der Waals surface area contributed by atoms with E-state index in [0.717, 1.165) is 0 Å². The maximum atomic E-state index is 13.4. The number of methoxy groups -OCH3 is 2. The first-order chi connectivity index (χ1) is 15.9. The summed E-state index contributed by atoms with van der Waals surface area (Å²) in [6.45, 7) is 0.665. The Labute approximate surface area is 197 Å².